The first-order chi connectivity index (χ1) is 16.8. The number of hydrogen-bond acceptors (Lipinski definition) is 5. The summed E-state index contributed by atoms with van der Waals surface area (Å²) in [6.45, 7) is 4.66. The van der Waals surface area contributed by atoms with Crippen LogP contribution >= 0.6 is 11.8 Å². The Bertz CT molecular complexity index is 1180. The van der Waals surface area contributed by atoms with Gasteiger partial charge < -0.3 is 19.6 Å². The number of hydrogen-bond donors (Lipinski definition) is 1. The van der Waals surface area contributed by atoms with E-state index >= 15 is 0 Å². The Morgan fingerprint density at radius 3 is 2.43 bits per heavy atom. The van der Waals surface area contributed by atoms with Crippen LogP contribution in [0, 0.1) is 13.8 Å². The van der Waals surface area contributed by atoms with Crippen LogP contribution < -0.4 is 4.90 Å². The maximum absolute atomic E-state index is 13.5. The van der Waals surface area contributed by atoms with Gasteiger partial charge in [0.15, 0.2) is 0 Å². The smallest absolute Gasteiger partial charge is 0.409 e. The number of nitrogens with zero attached hydrogens (tertiary/aromatic N) is 2. The summed E-state index contributed by atoms with van der Waals surface area (Å²) in [7, 11) is 1.65. The van der Waals surface area contributed by atoms with Crippen LogP contribution in [-0.2, 0) is 16.1 Å². The van der Waals surface area contributed by atoms with Crippen molar-refractivity contribution in [1.29, 1.82) is 0 Å². The quantitative estimate of drug-likeness (QED) is 0.520. The summed E-state index contributed by atoms with van der Waals surface area (Å²) in [6.07, 6.45) is -1.68. The van der Waals surface area contributed by atoms with Crippen LogP contribution in [0.3, 0.4) is 0 Å². The molecular formula is C28H30N2O4S. The highest BCUT2D eigenvalue weighted by Gasteiger charge is 2.37. The first kappa shape index (κ1) is 24.8. The van der Waals surface area contributed by atoms with Crippen molar-refractivity contribution in [3.8, 4) is 0 Å². The average Bonchev–Trinajstić information content (AvgIpc) is 2.96. The maximum Gasteiger partial charge on any atom is 0.409 e. The topological polar surface area (TPSA) is 70.1 Å². The molecule has 1 aliphatic rings. The van der Waals surface area contributed by atoms with Crippen LogP contribution in [0.1, 0.15) is 27.5 Å². The predicted molar refractivity (Wildman–Crippen MR) is 139 cm³/mol. The number of ether oxygens (including phenoxy) is 1. The summed E-state index contributed by atoms with van der Waals surface area (Å²) in [6, 6.07) is 23.3. The Labute approximate surface area is 210 Å². The maximum atomic E-state index is 13.5. The number of carbonyl (C=O) groups is 2. The van der Waals surface area contributed by atoms with Crippen molar-refractivity contribution in [3.63, 3.8) is 0 Å². The second-order valence-corrected chi connectivity index (χ2v) is 10.0. The summed E-state index contributed by atoms with van der Waals surface area (Å²) in [5, 5.41) is 10.7. The fraction of sp³-hybridized carbons (Fsp3) is 0.286. The molecule has 0 fully saturated rings. The minimum Gasteiger partial charge on any atom is -0.445 e. The zero-order valence-electron chi connectivity index (χ0n) is 20.2. The molecule has 6 nitrogen and oxygen atoms in total. The van der Waals surface area contributed by atoms with E-state index in [0.29, 0.717) is 0 Å². The molecule has 1 N–H and O–H groups in total. The second kappa shape index (κ2) is 11.0. The van der Waals surface area contributed by atoms with Crippen LogP contribution in [0.15, 0.2) is 77.7 Å². The molecule has 4 rings (SSSR count). The SMILES string of the molecule is Cc1ccc([C@H]2Sc3ccc(C)cc3N(CCN(C)C(=O)OCc3ccccc3)C(=O)[C@H]2O)cc1. The molecule has 35 heavy (non-hydrogen) atoms. The van der Waals surface area contributed by atoms with E-state index in [1.54, 1.807) is 11.9 Å². The Balaban J connectivity index is 1.50. The van der Waals surface area contributed by atoms with E-state index in [-0.39, 0.29) is 25.6 Å². The number of aliphatic hydroxyl groups is 1. The van der Waals surface area contributed by atoms with Gasteiger partial charge in [-0.15, -0.1) is 11.8 Å². The molecule has 3 aromatic rings. The zero-order valence-corrected chi connectivity index (χ0v) is 21.0. The molecule has 0 radical (unpaired) electrons. The molecule has 0 spiro atoms. The minimum atomic E-state index is -1.22. The van der Waals surface area contributed by atoms with Crippen LogP contribution in [0.4, 0.5) is 10.5 Å². The first-order valence-corrected chi connectivity index (χ1v) is 12.5. The number of carbonyl (C=O) groups excluding carboxylic acids is 2. The van der Waals surface area contributed by atoms with Gasteiger partial charge in [0.25, 0.3) is 5.91 Å². The van der Waals surface area contributed by atoms with E-state index in [4.69, 9.17) is 4.74 Å². The van der Waals surface area contributed by atoms with Crippen LogP contribution in [0.5, 0.6) is 0 Å². The van der Waals surface area contributed by atoms with Gasteiger partial charge in [-0.1, -0.05) is 66.2 Å². The lowest BCUT2D eigenvalue weighted by Crippen LogP contribution is -2.44. The van der Waals surface area contributed by atoms with Crippen molar-refractivity contribution in [1.82, 2.24) is 4.90 Å². The summed E-state index contributed by atoms with van der Waals surface area (Å²) in [5.41, 5.74) is 4.69. The molecule has 0 saturated heterocycles. The minimum absolute atomic E-state index is 0.183. The van der Waals surface area contributed by atoms with E-state index in [2.05, 4.69) is 0 Å². The molecule has 182 valence electrons. The van der Waals surface area contributed by atoms with Gasteiger partial charge in [0, 0.05) is 25.0 Å². The van der Waals surface area contributed by atoms with Crippen molar-refractivity contribution in [3.05, 3.63) is 95.1 Å². The van der Waals surface area contributed by atoms with Crippen molar-refractivity contribution in [2.24, 2.45) is 0 Å². The molecule has 0 saturated carbocycles. The van der Waals surface area contributed by atoms with E-state index in [1.807, 2.05) is 86.6 Å². The van der Waals surface area contributed by atoms with Gasteiger partial charge in [-0.05, 0) is 42.7 Å². The van der Waals surface area contributed by atoms with Crippen molar-refractivity contribution >= 4 is 29.4 Å². The third-order valence-corrected chi connectivity index (χ3v) is 7.43. The number of fused-ring (bicyclic) bond motifs is 1. The van der Waals surface area contributed by atoms with Gasteiger partial charge in [-0.25, -0.2) is 4.79 Å². The van der Waals surface area contributed by atoms with Crippen molar-refractivity contribution in [2.45, 2.75) is 36.7 Å². The average molecular weight is 491 g/mol. The van der Waals surface area contributed by atoms with Crippen LogP contribution in [0.25, 0.3) is 0 Å². The number of aryl methyl sites for hydroxylation is 2. The molecule has 0 unspecified atom stereocenters. The number of likely N-dealkylation sites (N-methyl/N-ethyl adjacent to an activating group) is 1. The summed E-state index contributed by atoms with van der Waals surface area (Å²) in [5.74, 6) is -0.376. The van der Waals surface area contributed by atoms with E-state index in [0.717, 1.165) is 32.8 Å². The molecule has 2 amide bonds. The molecular weight excluding hydrogens is 460 g/mol. The van der Waals surface area contributed by atoms with Crippen LogP contribution in [-0.4, -0.2) is 48.2 Å². The standard InChI is InChI=1S/C28H30N2O4S/c1-19-9-12-22(13-10-19)26-25(31)27(32)30(23-17-20(2)11-14-24(23)35-26)16-15-29(3)28(33)34-18-21-7-5-4-6-8-21/h4-14,17,25-26,31H,15-16,18H2,1-3H3/t25-,26+/m0/s1. The molecule has 3 aromatic carbocycles. The Morgan fingerprint density at radius 2 is 1.71 bits per heavy atom. The Morgan fingerprint density at radius 1 is 1.03 bits per heavy atom. The van der Waals surface area contributed by atoms with Gasteiger partial charge in [0.1, 0.15) is 12.7 Å². The van der Waals surface area contributed by atoms with Gasteiger partial charge in [0.05, 0.1) is 10.9 Å². The molecule has 0 aromatic heterocycles. The fourth-order valence-electron chi connectivity index (χ4n) is 3.96. The predicted octanol–water partition coefficient (Wildman–Crippen LogP) is 5.11. The number of amides is 2. The first-order valence-electron chi connectivity index (χ1n) is 11.6. The highest BCUT2D eigenvalue weighted by Crippen LogP contribution is 2.46. The van der Waals surface area contributed by atoms with Crippen molar-refractivity contribution < 1.29 is 19.4 Å². The lowest BCUT2D eigenvalue weighted by atomic mass is 10.0. The molecule has 2 atom stereocenters. The Kier molecular flexibility index (Phi) is 7.78. The van der Waals surface area contributed by atoms with Gasteiger partial charge in [0.2, 0.25) is 0 Å². The highest BCUT2D eigenvalue weighted by atomic mass is 32.2. The summed E-state index contributed by atoms with van der Waals surface area (Å²) >= 11 is 1.49. The number of benzene rings is 3. The lowest BCUT2D eigenvalue weighted by Gasteiger charge is -2.27. The zero-order chi connectivity index (χ0) is 24.9. The van der Waals surface area contributed by atoms with Crippen molar-refractivity contribution in [2.75, 3.05) is 25.0 Å². The summed E-state index contributed by atoms with van der Waals surface area (Å²) in [4.78, 5) is 30.0. The van der Waals surface area contributed by atoms with E-state index in [1.165, 1.54) is 16.7 Å². The van der Waals surface area contributed by atoms with Crippen LogP contribution in [0.2, 0.25) is 0 Å². The number of rotatable bonds is 6. The third kappa shape index (κ3) is 5.86. The fourth-order valence-corrected chi connectivity index (χ4v) is 5.20. The third-order valence-electron chi connectivity index (χ3n) is 6.05. The van der Waals surface area contributed by atoms with E-state index in [9.17, 15) is 14.7 Å². The second-order valence-electron chi connectivity index (χ2n) is 8.82. The molecule has 1 aliphatic heterocycles. The normalized spacial score (nSPS) is 17.5. The molecule has 1 heterocycles. The molecule has 0 aliphatic carbocycles. The Hall–Kier alpha value is -3.29. The number of thioether (sulfide) groups is 1. The largest absolute Gasteiger partial charge is 0.445 e. The highest BCUT2D eigenvalue weighted by molar-refractivity contribution is 7.99. The number of anilines is 1. The van der Waals surface area contributed by atoms with Gasteiger partial charge in [-0.2, -0.15) is 0 Å². The van der Waals surface area contributed by atoms with Gasteiger partial charge in [-0.3, -0.25) is 4.79 Å². The molecule has 0 bridgehead atoms. The summed E-state index contributed by atoms with van der Waals surface area (Å²) < 4.78 is 5.41. The lowest BCUT2D eigenvalue weighted by molar-refractivity contribution is -0.126. The van der Waals surface area contributed by atoms with E-state index < -0.39 is 17.4 Å². The molecule has 7 heteroatoms. The number of aliphatic hydroxyl groups excluding tert-OH is 1. The monoisotopic (exact) mass is 490 g/mol. The van der Waals surface area contributed by atoms with Gasteiger partial charge >= 0.3 is 6.09 Å².